The average molecular weight is 340 g/mol. The van der Waals surface area contributed by atoms with E-state index in [2.05, 4.69) is 21.2 Å². The van der Waals surface area contributed by atoms with Gasteiger partial charge in [0, 0.05) is 16.1 Å². The molecule has 0 aliphatic carbocycles. The normalized spacial score (nSPS) is 12.5. The minimum Gasteiger partial charge on any atom is -0.309 e. The fourth-order valence-corrected chi connectivity index (χ4v) is 2.74. The minimum atomic E-state index is -0.541. The number of hydrogen-bond acceptors (Lipinski definition) is 1. The van der Waals surface area contributed by atoms with E-state index in [9.17, 15) is 8.78 Å². The summed E-state index contributed by atoms with van der Waals surface area (Å²) in [5.41, 5.74) is 2.89. The van der Waals surface area contributed by atoms with Crippen molar-refractivity contribution >= 4 is 15.9 Å². The van der Waals surface area contributed by atoms with E-state index < -0.39 is 11.6 Å². The van der Waals surface area contributed by atoms with Gasteiger partial charge in [0.25, 0.3) is 0 Å². The summed E-state index contributed by atoms with van der Waals surface area (Å²) in [6.07, 6.45) is 0. The second-order valence-electron chi connectivity index (χ2n) is 4.87. The smallest absolute Gasteiger partial charge is 0.131 e. The Bertz CT molecular complexity index is 641. The van der Waals surface area contributed by atoms with E-state index in [1.54, 1.807) is 20.0 Å². The Morgan fingerprint density at radius 3 is 2.35 bits per heavy atom. The third-order valence-electron chi connectivity index (χ3n) is 3.34. The van der Waals surface area contributed by atoms with Gasteiger partial charge in [-0.25, -0.2) is 8.78 Å². The first kappa shape index (κ1) is 15.1. The number of nitrogens with one attached hydrogen (secondary N) is 1. The van der Waals surface area contributed by atoms with Crippen molar-refractivity contribution in [1.82, 2.24) is 5.32 Å². The van der Waals surface area contributed by atoms with Gasteiger partial charge in [-0.1, -0.05) is 33.6 Å². The molecule has 0 saturated carbocycles. The number of aryl methyl sites for hydroxylation is 2. The van der Waals surface area contributed by atoms with Gasteiger partial charge in [-0.3, -0.25) is 0 Å². The first-order valence-electron chi connectivity index (χ1n) is 6.33. The monoisotopic (exact) mass is 339 g/mol. The first-order chi connectivity index (χ1) is 9.43. The summed E-state index contributed by atoms with van der Waals surface area (Å²) >= 11 is 3.49. The number of hydrogen-bond donors (Lipinski definition) is 1. The van der Waals surface area contributed by atoms with Gasteiger partial charge in [-0.2, -0.15) is 0 Å². The first-order valence-corrected chi connectivity index (χ1v) is 7.12. The van der Waals surface area contributed by atoms with Gasteiger partial charge in [0.15, 0.2) is 0 Å². The van der Waals surface area contributed by atoms with Crippen LogP contribution in [0.5, 0.6) is 0 Å². The van der Waals surface area contributed by atoms with Crippen LogP contribution < -0.4 is 5.32 Å². The third kappa shape index (κ3) is 2.91. The van der Waals surface area contributed by atoms with Gasteiger partial charge in [0.05, 0.1) is 6.04 Å². The van der Waals surface area contributed by atoms with Crippen molar-refractivity contribution in [3.8, 4) is 0 Å². The predicted molar refractivity (Wildman–Crippen MR) is 80.9 cm³/mol. The van der Waals surface area contributed by atoms with E-state index in [4.69, 9.17) is 0 Å². The predicted octanol–water partition coefficient (Wildman–Crippen LogP) is 4.65. The van der Waals surface area contributed by atoms with Gasteiger partial charge in [0.1, 0.15) is 11.6 Å². The Kier molecular flexibility index (Phi) is 4.55. The van der Waals surface area contributed by atoms with E-state index in [-0.39, 0.29) is 6.04 Å². The van der Waals surface area contributed by atoms with Gasteiger partial charge < -0.3 is 5.32 Å². The molecule has 1 unspecified atom stereocenters. The summed E-state index contributed by atoms with van der Waals surface area (Å²) in [5, 5.41) is 3.10. The van der Waals surface area contributed by atoms with Crippen LogP contribution in [0.1, 0.15) is 28.3 Å². The van der Waals surface area contributed by atoms with Crippen molar-refractivity contribution in [2.24, 2.45) is 0 Å². The maximum Gasteiger partial charge on any atom is 0.131 e. The van der Waals surface area contributed by atoms with Crippen LogP contribution in [-0.4, -0.2) is 7.05 Å². The second-order valence-corrected chi connectivity index (χ2v) is 5.72. The molecule has 0 radical (unpaired) electrons. The lowest BCUT2D eigenvalue weighted by Crippen LogP contribution is -2.20. The molecule has 0 bridgehead atoms. The van der Waals surface area contributed by atoms with Gasteiger partial charge in [0.2, 0.25) is 0 Å². The molecule has 20 heavy (non-hydrogen) atoms. The molecule has 1 N–H and O–H groups in total. The lowest BCUT2D eigenvalue weighted by atomic mass is 9.95. The van der Waals surface area contributed by atoms with Crippen molar-refractivity contribution in [1.29, 1.82) is 0 Å². The molecule has 0 aliphatic heterocycles. The molecular formula is C16H16BrF2N. The quantitative estimate of drug-likeness (QED) is 0.857. The zero-order valence-electron chi connectivity index (χ0n) is 11.6. The van der Waals surface area contributed by atoms with E-state index in [1.165, 1.54) is 0 Å². The second kappa shape index (κ2) is 6.02. The minimum absolute atomic E-state index is 0.330. The van der Waals surface area contributed by atoms with Crippen molar-refractivity contribution in [2.45, 2.75) is 19.9 Å². The van der Waals surface area contributed by atoms with E-state index in [0.29, 0.717) is 11.1 Å². The van der Waals surface area contributed by atoms with Crippen molar-refractivity contribution < 1.29 is 8.78 Å². The van der Waals surface area contributed by atoms with Crippen LogP contribution in [0, 0.1) is 25.5 Å². The molecule has 0 amide bonds. The molecule has 0 spiro atoms. The highest BCUT2D eigenvalue weighted by atomic mass is 79.9. The number of rotatable bonds is 3. The maximum atomic E-state index is 14.1. The van der Waals surface area contributed by atoms with Gasteiger partial charge >= 0.3 is 0 Å². The van der Waals surface area contributed by atoms with Crippen LogP contribution in [-0.2, 0) is 0 Å². The topological polar surface area (TPSA) is 12.0 Å². The number of halogens is 3. The van der Waals surface area contributed by atoms with Crippen LogP contribution in [0.25, 0.3) is 0 Å². The molecule has 106 valence electrons. The number of benzene rings is 2. The Morgan fingerprint density at radius 1 is 1.00 bits per heavy atom. The summed E-state index contributed by atoms with van der Waals surface area (Å²) in [6.45, 7) is 3.62. The van der Waals surface area contributed by atoms with Gasteiger partial charge in [-0.05, 0) is 44.2 Å². The summed E-state index contributed by atoms with van der Waals surface area (Å²) in [7, 11) is 1.76. The van der Waals surface area contributed by atoms with Crippen LogP contribution >= 0.6 is 15.9 Å². The maximum absolute atomic E-state index is 14.1. The molecule has 1 nitrogen and oxygen atoms in total. The highest BCUT2D eigenvalue weighted by Gasteiger charge is 2.20. The highest BCUT2D eigenvalue weighted by molar-refractivity contribution is 9.10. The zero-order valence-corrected chi connectivity index (χ0v) is 13.2. The van der Waals surface area contributed by atoms with Crippen LogP contribution in [0.3, 0.4) is 0 Å². The molecular weight excluding hydrogens is 324 g/mol. The Balaban J connectivity index is 2.58. The fourth-order valence-electron chi connectivity index (χ4n) is 2.26. The Hall–Kier alpha value is -1.26. The van der Waals surface area contributed by atoms with Crippen molar-refractivity contribution in [3.63, 3.8) is 0 Å². The molecule has 0 saturated heterocycles. The summed E-state index contributed by atoms with van der Waals surface area (Å²) in [6, 6.07) is 8.07. The molecule has 0 aliphatic rings. The highest BCUT2D eigenvalue weighted by Crippen LogP contribution is 2.31. The third-order valence-corrected chi connectivity index (χ3v) is 4.06. The molecule has 0 fully saturated rings. The van der Waals surface area contributed by atoms with Crippen molar-refractivity contribution in [3.05, 3.63) is 68.7 Å². The van der Waals surface area contributed by atoms with Crippen LogP contribution in [0.15, 0.2) is 34.8 Å². The fraction of sp³-hybridized carbons (Fsp3) is 0.250. The lowest BCUT2D eigenvalue weighted by Gasteiger charge is -2.20. The van der Waals surface area contributed by atoms with Crippen LogP contribution in [0.2, 0.25) is 0 Å². The molecule has 0 aromatic heterocycles. The molecule has 1 atom stereocenters. The zero-order chi connectivity index (χ0) is 14.9. The summed E-state index contributed by atoms with van der Waals surface area (Å²) in [5.74, 6) is -1.06. The summed E-state index contributed by atoms with van der Waals surface area (Å²) < 4.78 is 28.4. The Labute approximate surface area is 126 Å². The van der Waals surface area contributed by atoms with E-state index in [0.717, 1.165) is 21.7 Å². The SMILES string of the molecule is CNC(c1cc(C)c(F)cc1F)c1cc(C)ccc1Br. The molecule has 0 heterocycles. The standard InChI is InChI=1S/C16H16BrF2N/c1-9-4-5-13(17)11(6-9)16(20-3)12-7-10(2)14(18)8-15(12)19/h4-8,16,20H,1-3H3. The lowest BCUT2D eigenvalue weighted by molar-refractivity contribution is 0.547. The summed E-state index contributed by atoms with van der Waals surface area (Å²) in [4.78, 5) is 0. The Morgan fingerprint density at radius 2 is 1.70 bits per heavy atom. The largest absolute Gasteiger partial charge is 0.309 e. The molecule has 4 heteroatoms. The van der Waals surface area contributed by atoms with Crippen LogP contribution in [0.4, 0.5) is 8.78 Å². The van der Waals surface area contributed by atoms with Gasteiger partial charge in [-0.15, -0.1) is 0 Å². The average Bonchev–Trinajstić information content (AvgIpc) is 2.40. The molecule has 2 aromatic rings. The van der Waals surface area contributed by atoms with Crippen molar-refractivity contribution in [2.75, 3.05) is 7.05 Å². The molecule has 2 rings (SSSR count). The molecule has 2 aromatic carbocycles. The van der Waals surface area contributed by atoms with E-state index >= 15 is 0 Å². The van der Waals surface area contributed by atoms with E-state index in [1.807, 2.05) is 25.1 Å².